The zero-order valence-electron chi connectivity index (χ0n) is 11.7. The van der Waals surface area contributed by atoms with E-state index >= 15 is 0 Å². The van der Waals surface area contributed by atoms with Crippen molar-refractivity contribution in [3.05, 3.63) is 59.9 Å². The van der Waals surface area contributed by atoms with Gasteiger partial charge in [0.1, 0.15) is 19.0 Å². The molecule has 1 aliphatic heterocycles. The number of hydrogen-bond donors (Lipinski definition) is 1. The highest BCUT2D eigenvalue weighted by molar-refractivity contribution is 6.02. The maximum absolute atomic E-state index is 13.4. The number of hydrogen-bond acceptors (Lipinski definition) is 3. The highest BCUT2D eigenvalue weighted by atomic mass is 19.1. The number of nitrogens with one attached hydrogen (secondary N) is 1. The summed E-state index contributed by atoms with van der Waals surface area (Å²) >= 11 is 0. The molecule has 1 heterocycles. The largest absolute Gasteiger partial charge is 0.486 e. The first-order valence-electron chi connectivity index (χ1n) is 6.85. The van der Waals surface area contributed by atoms with Crippen LogP contribution in [0, 0.1) is 5.82 Å². The second-order valence-electron chi connectivity index (χ2n) is 4.70. The van der Waals surface area contributed by atoms with Crippen molar-refractivity contribution >= 4 is 17.7 Å². The Hall–Kier alpha value is -2.82. The molecule has 2 aromatic rings. The number of amides is 1. The molecule has 0 unspecified atom stereocenters. The van der Waals surface area contributed by atoms with E-state index in [4.69, 9.17) is 9.47 Å². The van der Waals surface area contributed by atoms with Crippen LogP contribution in [0.3, 0.4) is 0 Å². The van der Waals surface area contributed by atoms with Crippen LogP contribution in [-0.2, 0) is 4.79 Å². The van der Waals surface area contributed by atoms with Crippen LogP contribution in [0.15, 0.2) is 48.5 Å². The molecular formula is C17H14FNO3. The molecule has 1 N–H and O–H groups in total. The first-order chi connectivity index (χ1) is 10.7. The van der Waals surface area contributed by atoms with Gasteiger partial charge in [-0.2, -0.15) is 0 Å². The topological polar surface area (TPSA) is 47.6 Å². The summed E-state index contributed by atoms with van der Waals surface area (Å²) in [6.07, 6.45) is 2.72. The molecule has 0 bridgehead atoms. The zero-order chi connectivity index (χ0) is 15.4. The molecule has 0 fully saturated rings. The quantitative estimate of drug-likeness (QED) is 0.885. The SMILES string of the molecule is O=C(/C=C/c1ccccc1F)Nc1ccc2c(c1)OCCO2. The van der Waals surface area contributed by atoms with Crippen molar-refractivity contribution in [2.75, 3.05) is 18.5 Å². The predicted molar refractivity (Wildman–Crippen MR) is 81.5 cm³/mol. The summed E-state index contributed by atoms with van der Waals surface area (Å²) in [6.45, 7) is 1.00. The van der Waals surface area contributed by atoms with Gasteiger partial charge in [-0.05, 0) is 24.3 Å². The number of carbonyl (C=O) groups excluding carboxylic acids is 1. The third-order valence-electron chi connectivity index (χ3n) is 3.13. The Balaban J connectivity index is 1.68. The van der Waals surface area contributed by atoms with Crippen molar-refractivity contribution in [1.29, 1.82) is 0 Å². The Morgan fingerprint density at radius 3 is 2.68 bits per heavy atom. The summed E-state index contributed by atoms with van der Waals surface area (Å²) in [6, 6.07) is 11.4. The van der Waals surface area contributed by atoms with Crippen molar-refractivity contribution in [2.24, 2.45) is 0 Å². The molecule has 2 aromatic carbocycles. The van der Waals surface area contributed by atoms with Gasteiger partial charge in [0.25, 0.3) is 0 Å². The van der Waals surface area contributed by atoms with Crippen LogP contribution in [0.5, 0.6) is 11.5 Å². The van der Waals surface area contributed by atoms with Gasteiger partial charge in [-0.3, -0.25) is 4.79 Å². The first kappa shape index (κ1) is 14.1. The molecule has 0 atom stereocenters. The van der Waals surface area contributed by atoms with Crippen LogP contribution in [0.2, 0.25) is 0 Å². The van der Waals surface area contributed by atoms with E-state index in [-0.39, 0.29) is 11.7 Å². The lowest BCUT2D eigenvalue weighted by Crippen LogP contribution is -2.16. The second kappa shape index (κ2) is 6.30. The monoisotopic (exact) mass is 299 g/mol. The summed E-state index contributed by atoms with van der Waals surface area (Å²) in [5, 5.41) is 2.70. The van der Waals surface area contributed by atoms with Crippen molar-refractivity contribution in [1.82, 2.24) is 0 Å². The number of benzene rings is 2. The molecule has 0 saturated carbocycles. The van der Waals surface area contributed by atoms with Crippen LogP contribution < -0.4 is 14.8 Å². The van der Waals surface area contributed by atoms with Gasteiger partial charge in [0, 0.05) is 23.4 Å². The van der Waals surface area contributed by atoms with E-state index in [0.717, 1.165) is 0 Å². The van der Waals surface area contributed by atoms with E-state index in [1.54, 1.807) is 36.4 Å². The first-order valence-corrected chi connectivity index (χ1v) is 6.85. The molecule has 0 aliphatic carbocycles. The lowest BCUT2D eigenvalue weighted by molar-refractivity contribution is -0.111. The Morgan fingerprint density at radius 1 is 1.09 bits per heavy atom. The van der Waals surface area contributed by atoms with Gasteiger partial charge in [-0.15, -0.1) is 0 Å². The molecular weight excluding hydrogens is 285 g/mol. The smallest absolute Gasteiger partial charge is 0.248 e. The Kier molecular flexibility index (Phi) is 4.05. The molecule has 112 valence electrons. The molecule has 3 rings (SSSR count). The molecule has 4 nitrogen and oxygen atoms in total. The second-order valence-corrected chi connectivity index (χ2v) is 4.70. The summed E-state index contributed by atoms with van der Waals surface area (Å²) in [7, 11) is 0. The third-order valence-corrected chi connectivity index (χ3v) is 3.13. The van der Waals surface area contributed by atoms with Gasteiger partial charge < -0.3 is 14.8 Å². The zero-order valence-corrected chi connectivity index (χ0v) is 11.7. The van der Waals surface area contributed by atoms with E-state index < -0.39 is 0 Å². The number of fused-ring (bicyclic) bond motifs is 1. The van der Waals surface area contributed by atoms with E-state index in [9.17, 15) is 9.18 Å². The highest BCUT2D eigenvalue weighted by Crippen LogP contribution is 2.32. The van der Waals surface area contributed by atoms with Crippen molar-refractivity contribution in [2.45, 2.75) is 0 Å². The van der Waals surface area contributed by atoms with Crippen LogP contribution in [0.4, 0.5) is 10.1 Å². The van der Waals surface area contributed by atoms with Crippen LogP contribution >= 0.6 is 0 Å². The number of rotatable bonds is 3. The van der Waals surface area contributed by atoms with Crippen molar-refractivity contribution < 1.29 is 18.7 Å². The minimum absolute atomic E-state index is 0.347. The standard InChI is InChI=1S/C17H14FNO3/c18-14-4-2-1-3-12(14)5-8-17(20)19-13-6-7-15-16(11-13)22-10-9-21-15/h1-8,11H,9-10H2,(H,19,20)/b8-5+. The minimum Gasteiger partial charge on any atom is -0.486 e. The van der Waals surface area contributed by atoms with Gasteiger partial charge >= 0.3 is 0 Å². The van der Waals surface area contributed by atoms with Crippen molar-refractivity contribution in [3.63, 3.8) is 0 Å². The average molecular weight is 299 g/mol. The molecule has 1 amide bonds. The molecule has 0 spiro atoms. The Morgan fingerprint density at radius 2 is 1.86 bits per heavy atom. The fourth-order valence-electron chi connectivity index (χ4n) is 2.08. The Labute approximate surface area is 127 Å². The normalized spacial score (nSPS) is 13.1. The fourth-order valence-corrected chi connectivity index (χ4v) is 2.08. The highest BCUT2D eigenvalue weighted by Gasteiger charge is 2.12. The van der Waals surface area contributed by atoms with Gasteiger partial charge in [-0.25, -0.2) is 4.39 Å². The van der Waals surface area contributed by atoms with Crippen LogP contribution in [0.25, 0.3) is 6.08 Å². The number of carbonyl (C=O) groups is 1. The van der Waals surface area contributed by atoms with Gasteiger partial charge in [0.2, 0.25) is 5.91 Å². The third kappa shape index (κ3) is 3.25. The van der Waals surface area contributed by atoms with Crippen LogP contribution in [0.1, 0.15) is 5.56 Å². The molecule has 22 heavy (non-hydrogen) atoms. The average Bonchev–Trinajstić information content (AvgIpc) is 2.54. The van der Waals surface area contributed by atoms with E-state index in [1.807, 2.05) is 0 Å². The number of halogens is 1. The number of ether oxygens (including phenoxy) is 2. The number of anilines is 1. The van der Waals surface area contributed by atoms with E-state index in [1.165, 1.54) is 18.2 Å². The molecule has 0 aromatic heterocycles. The van der Waals surface area contributed by atoms with Gasteiger partial charge in [0.15, 0.2) is 11.5 Å². The van der Waals surface area contributed by atoms with E-state index in [2.05, 4.69) is 5.32 Å². The lowest BCUT2D eigenvalue weighted by atomic mass is 10.2. The van der Waals surface area contributed by atoms with Gasteiger partial charge in [-0.1, -0.05) is 18.2 Å². The minimum atomic E-state index is -0.370. The van der Waals surface area contributed by atoms with Gasteiger partial charge in [0.05, 0.1) is 0 Å². The molecule has 0 radical (unpaired) electrons. The van der Waals surface area contributed by atoms with Crippen molar-refractivity contribution in [3.8, 4) is 11.5 Å². The summed E-state index contributed by atoms with van der Waals surface area (Å²) in [5.74, 6) is 0.541. The van der Waals surface area contributed by atoms with Crippen LogP contribution in [-0.4, -0.2) is 19.1 Å². The lowest BCUT2D eigenvalue weighted by Gasteiger charge is -2.18. The molecule has 1 aliphatic rings. The predicted octanol–water partition coefficient (Wildman–Crippen LogP) is 3.25. The fraction of sp³-hybridized carbons (Fsp3) is 0.118. The maximum Gasteiger partial charge on any atom is 0.248 e. The maximum atomic E-state index is 13.4. The summed E-state index contributed by atoms with van der Waals surface area (Å²) in [5.41, 5.74) is 0.951. The molecule has 0 saturated heterocycles. The Bertz CT molecular complexity index is 728. The summed E-state index contributed by atoms with van der Waals surface area (Å²) < 4.78 is 24.3. The van der Waals surface area contributed by atoms with E-state index in [0.29, 0.717) is 36.0 Å². The molecule has 5 heteroatoms. The summed E-state index contributed by atoms with van der Waals surface area (Å²) in [4.78, 5) is 11.9.